The van der Waals surface area contributed by atoms with Gasteiger partial charge in [-0.1, -0.05) is 13.8 Å². The molecule has 0 aromatic rings. The van der Waals surface area contributed by atoms with Crippen LogP contribution in [0.3, 0.4) is 0 Å². The number of carbonyl (C=O) groups is 1. The molecule has 0 saturated heterocycles. The molecule has 0 aromatic heterocycles. The van der Waals surface area contributed by atoms with Gasteiger partial charge in [0, 0.05) is 19.4 Å². The molecular weight excluding hydrogens is 244 g/mol. The fraction of sp³-hybridized carbons (Fsp3) is 0.933. The molecule has 1 fully saturated rings. The lowest BCUT2D eigenvalue weighted by molar-refractivity contribution is -0.127. The van der Waals surface area contributed by atoms with Crippen molar-refractivity contribution in [2.75, 3.05) is 26.9 Å². The maximum absolute atomic E-state index is 11.9. The first kappa shape index (κ1) is 16.6. The van der Waals surface area contributed by atoms with Crippen molar-refractivity contribution in [2.24, 2.45) is 17.8 Å². The summed E-state index contributed by atoms with van der Waals surface area (Å²) < 4.78 is 10.2. The molecule has 0 aromatic carbocycles. The maximum atomic E-state index is 11.9. The maximum Gasteiger partial charge on any atom is 0.136 e. The Balaban J connectivity index is 2.30. The molecule has 1 aliphatic rings. The van der Waals surface area contributed by atoms with Gasteiger partial charge in [0.2, 0.25) is 0 Å². The molecule has 1 saturated carbocycles. The van der Waals surface area contributed by atoms with Crippen molar-refractivity contribution >= 4 is 5.78 Å². The van der Waals surface area contributed by atoms with Crippen LogP contribution in [0.15, 0.2) is 0 Å². The third kappa shape index (κ3) is 6.02. The van der Waals surface area contributed by atoms with Crippen molar-refractivity contribution in [2.45, 2.75) is 45.6 Å². The summed E-state index contributed by atoms with van der Waals surface area (Å²) in [5, 5.41) is 9.93. The van der Waals surface area contributed by atoms with Gasteiger partial charge in [-0.15, -0.1) is 0 Å². The van der Waals surface area contributed by atoms with E-state index in [0.717, 1.165) is 12.8 Å². The van der Waals surface area contributed by atoms with Crippen molar-refractivity contribution in [3.05, 3.63) is 0 Å². The summed E-state index contributed by atoms with van der Waals surface area (Å²) in [5.41, 5.74) is 0. The van der Waals surface area contributed by atoms with E-state index >= 15 is 0 Å². The molecule has 4 nitrogen and oxygen atoms in total. The lowest BCUT2D eigenvalue weighted by Gasteiger charge is -2.31. The third-order valence-corrected chi connectivity index (χ3v) is 4.05. The highest BCUT2D eigenvalue weighted by Gasteiger charge is 2.31. The van der Waals surface area contributed by atoms with Gasteiger partial charge in [0.15, 0.2) is 0 Å². The Bertz CT molecular complexity index is 265. The fourth-order valence-corrected chi connectivity index (χ4v) is 2.74. The summed E-state index contributed by atoms with van der Waals surface area (Å²) in [6.07, 6.45) is 2.59. The average molecular weight is 272 g/mol. The number of rotatable bonds is 8. The Morgan fingerprint density at radius 3 is 2.74 bits per heavy atom. The first-order chi connectivity index (χ1) is 9.04. The Labute approximate surface area is 116 Å². The molecule has 1 aliphatic carbocycles. The number of hydrogen-bond acceptors (Lipinski definition) is 4. The van der Waals surface area contributed by atoms with Crippen molar-refractivity contribution in [3.63, 3.8) is 0 Å². The molecule has 0 aliphatic heterocycles. The molecule has 0 amide bonds. The topological polar surface area (TPSA) is 55.8 Å². The number of ketones is 1. The smallest absolute Gasteiger partial charge is 0.136 e. The van der Waals surface area contributed by atoms with Gasteiger partial charge in [-0.05, 0) is 31.1 Å². The van der Waals surface area contributed by atoms with Crippen LogP contribution in [0.25, 0.3) is 0 Å². The molecule has 1 rings (SSSR count). The highest BCUT2D eigenvalue weighted by Crippen LogP contribution is 2.33. The van der Waals surface area contributed by atoms with E-state index in [4.69, 9.17) is 9.47 Å². The van der Waals surface area contributed by atoms with Crippen LogP contribution in [0.4, 0.5) is 0 Å². The van der Waals surface area contributed by atoms with Gasteiger partial charge in [-0.3, -0.25) is 4.79 Å². The minimum Gasteiger partial charge on any atom is -0.391 e. The fourth-order valence-electron chi connectivity index (χ4n) is 2.74. The van der Waals surface area contributed by atoms with Gasteiger partial charge in [-0.25, -0.2) is 0 Å². The number of methoxy groups -OCH3 is 1. The first-order valence-electron chi connectivity index (χ1n) is 7.32. The minimum atomic E-state index is -0.545. The van der Waals surface area contributed by atoms with Gasteiger partial charge in [0.05, 0.1) is 25.9 Å². The van der Waals surface area contributed by atoms with Crippen LogP contribution in [0.5, 0.6) is 0 Å². The summed E-state index contributed by atoms with van der Waals surface area (Å²) in [7, 11) is 1.62. The van der Waals surface area contributed by atoms with Crippen LogP contribution in [-0.4, -0.2) is 43.9 Å². The van der Waals surface area contributed by atoms with E-state index in [1.807, 2.05) is 0 Å². The Kier molecular flexibility index (Phi) is 7.57. The number of aliphatic hydroxyl groups excluding tert-OH is 1. The quantitative estimate of drug-likeness (QED) is 0.687. The summed E-state index contributed by atoms with van der Waals surface area (Å²) in [5.74, 6) is 1.56. The van der Waals surface area contributed by atoms with E-state index in [2.05, 4.69) is 13.8 Å². The van der Waals surface area contributed by atoms with E-state index in [-0.39, 0.29) is 5.92 Å². The second kappa shape index (κ2) is 8.67. The van der Waals surface area contributed by atoms with Crippen molar-refractivity contribution < 1.29 is 19.4 Å². The first-order valence-corrected chi connectivity index (χ1v) is 7.32. The van der Waals surface area contributed by atoms with Gasteiger partial charge in [-0.2, -0.15) is 0 Å². The lowest BCUT2D eigenvalue weighted by atomic mass is 9.74. The van der Waals surface area contributed by atoms with Gasteiger partial charge >= 0.3 is 0 Å². The van der Waals surface area contributed by atoms with Crippen molar-refractivity contribution in [1.29, 1.82) is 0 Å². The van der Waals surface area contributed by atoms with Crippen LogP contribution in [0, 0.1) is 17.8 Å². The van der Waals surface area contributed by atoms with Crippen molar-refractivity contribution in [3.8, 4) is 0 Å². The Morgan fingerprint density at radius 2 is 2.11 bits per heavy atom. The number of Topliss-reactive ketones (excluding diaryl/α,β-unsaturated/α-hetero) is 1. The number of ether oxygens (including phenoxy) is 2. The molecule has 1 N–H and O–H groups in total. The van der Waals surface area contributed by atoms with Crippen LogP contribution in [0.1, 0.15) is 39.5 Å². The van der Waals surface area contributed by atoms with E-state index in [0.29, 0.717) is 50.3 Å². The van der Waals surface area contributed by atoms with Crippen LogP contribution in [0.2, 0.25) is 0 Å². The SMILES string of the molecule is COCCOCC(O)CC1CC(C(C)C)CCC1=O. The summed E-state index contributed by atoms with van der Waals surface area (Å²) in [4.78, 5) is 11.9. The number of hydrogen-bond donors (Lipinski definition) is 1. The molecule has 4 heteroatoms. The zero-order chi connectivity index (χ0) is 14.3. The predicted molar refractivity (Wildman–Crippen MR) is 74.0 cm³/mol. The van der Waals surface area contributed by atoms with Gasteiger partial charge < -0.3 is 14.6 Å². The largest absolute Gasteiger partial charge is 0.391 e. The highest BCUT2D eigenvalue weighted by atomic mass is 16.5. The Morgan fingerprint density at radius 1 is 1.37 bits per heavy atom. The van der Waals surface area contributed by atoms with E-state index in [9.17, 15) is 9.90 Å². The normalized spacial score (nSPS) is 25.8. The molecule has 0 spiro atoms. The third-order valence-electron chi connectivity index (χ3n) is 4.05. The van der Waals surface area contributed by atoms with Crippen molar-refractivity contribution in [1.82, 2.24) is 0 Å². The molecular formula is C15H28O4. The lowest BCUT2D eigenvalue weighted by Crippen LogP contribution is -2.31. The molecule has 3 unspecified atom stereocenters. The zero-order valence-electron chi connectivity index (χ0n) is 12.4. The molecule has 19 heavy (non-hydrogen) atoms. The minimum absolute atomic E-state index is 0.0159. The highest BCUT2D eigenvalue weighted by molar-refractivity contribution is 5.81. The molecule has 3 atom stereocenters. The van der Waals surface area contributed by atoms with Crippen LogP contribution >= 0.6 is 0 Å². The predicted octanol–water partition coefficient (Wildman–Crippen LogP) is 2.04. The van der Waals surface area contributed by atoms with E-state index in [1.165, 1.54) is 0 Å². The summed E-state index contributed by atoms with van der Waals surface area (Å²) in [6, 6.07) is 0. The second-order valence-electron chi connectivity index (χ2n) is 5.90. The zero-order valence-corrected chi connectivity index (χ0v) is 12.4. The number of aliphatic hydroxyl groups is 1. The Hall–Kier alpha value is -0.450. The standard InChI is InChI=1S/C15H28O4/c1-11(2)12-4-5-15(17)13(8-12)9-14(16)10-19-7-6-18-3/h11-14,16H,4-10H2,1-3H3. The van der Waals surface area contributed by atoms with Crippen LogP contribution < -0.4 is 0 Å². The monoisotopic (exact) mass is 272 g/mol. The van der Waals surface area contributed by atoms with E-state index in [1.54, 1.807) is 7.11 Å². The molecule has 0 radical (unpaired) electrons. The molecule has 112 valence electrons. The molecule has 0 bridgehead atoms. The number of carbonyl (C=O) groups excluding carboxylic acids is 1. The molecule has 0 heterocycles. The second-order valence-corrected chi connectivity index (χ2v) is 5.90. The summed E-state index contributed by atoms with van der Waals surface area (Å²) >= 11 is 0. The van der Waals surface area contributed by atoms with E-state index < -0.39 is 6.10 Å². The van der Waals surface area contributed by atoms with Gasteiger partial charge in [0.25, 0.3) is 0 Å². The van der Waals surface area contributed by atoms with Gasteiger partial charge in [0.1, 0.15) is 5.78 Å². The van der Waals surface area contributed by atoms with Crippen LogP contribution in [-0.2, 0) is 14.3 Å². The average Bonchev–Trinajstić information content (AvgIpc) is 2.37. The summed E-state index contributed by atoms with van der Waals surface area (Å²) in [6.45, 7) is 5.73.